The van der Waals surface area contributed by atoms with Crippen LogP contribution in [0, 0.1) is 0 Å². The average Bonchev–Trinajstić information content (AvgIpc) is 2.64. The van der Waals surface area contributed by atoms with Gasteiger partial charge in [0.15, 0.2) is 5.78 Å². The molecule has 2 heterocycles. The number of Topliss-reactive ketones (excluding diaryl/α,β-unsaturated/α-hetero) is 1. The quantitative estimate of drug-likeness (QED) is 0.533. The Kier molecular flexibility index (Phi) is 2.55. The lowest BCUT2D eigenvalue weighted by atomic mass is 10.1. The lowest BCUT2D eigenvalue weighted by Crippen LogP contribution is -2.50. The second-order valence-corrected chi connectivity index (χ2v) is 3.74. The predicted molar refractivity (Wildman–Crippen MR) is 55.8 cm³/mol. The molecule has 1 fully saturated rings. The van der Waals surface area contributed by atoms with Crippen LogP contribution in [0.5, 0.6) is 0 Å². The van der Waals surface area contributed by atoms with Crippen LogP contribution in [-0.4, -0.2) is 44.7 Å². The molecule has 2 rings (SSSR count). The number of aromatic nitrogens is 3. The minimum absolute atomic E-state index is 0.0804. The minimum atomic E-state index is -0.107. The maximum Gasteiger partial charge on any atom is 0.246 e. The smallest absolute Gasteiger partial charge is 0.246 e. The third kappa shape index (κ3) is 1.73. The number of ketones is 1. The standard InChI is InChI=1S/C10H12N4O2/c1-3-10(16)13-4-8(5-13)14-6-9(7(2)15)11-12-14/h3,6,8H,1,4-5H2,2H3. The van der Waals surface area contributed by atoms with E-state index in [1.165, 1.54) is 13.0 Å². The maximum atomic E-state index is 11.2. The predicted octanol–water partition coefficient (Wildman–Crippen LogP) is 0.0500. The molecule has 0 N–H and O–H groups in total. The molecule has 0 aromatic carbocycles. The lowest BCUT2D eigenvalue weighted by molar-refractivity contribution is -0.131. The fourth-order valence-corrected chi connectivity index (χ4v) is 1.55. The second kappa shape index (κ2) is 3.88. The highest BCUT2D eigenvalue weighted by atomic mass is 16.2. The highest BCUT2D eigenvalue weighted by molar-refractivity contribution is 5.91. The molecule has 0 saturated carbocycles. The van der Waals surface area contributed by atoms with Crippen LogP contribution in [0.15, 0.2) is 18.9 Å². The van der Waals surface area contributed by atoms with Crippen molar-refractivity contribution in [3.8, 4) is 0 Å². The fourth-order valence-electron chi connectivity index (χ4n) is 1.55. The van der Waals surface area contributed by atoms with Gasteiger partial charge in [-0.1, -0.05) is 11.8 Å². The summed E-state index contributed by atoms with van der Waals surface area (Å²) in [6.07, 6.45) is 2.90. The molecule has 0 radical (unpaired) electrons. The lowest BCUT2D eigenvalue weighted by Gasteiger charge is -2.38. The van der Waals surface area contributed by atoms with E-state index in [9.17, 15) is 9.59 Å². The molecule has 1 amide bonds. The first-order valence-corrected chi connectivity index (χ1v) is 4.96. The third-order valence-corrected chi connectivity index (χ3v) is 2.59. The van der Waals surface area contributed by atoms with Crippen molar-refractivity contribution in [3.05, 3.63) is 24.5 Å². The number of amides is 1. The molecule has 0 unspecified atom stereocenters. The first-order chi connectivity index (χ1) is 7.61. The zero-order chi connectivity index (χ0) is 11.7. The molecular weight excluding hydrogens is 208 g/mol. The summed E-state index contributed by atoms with van der Waals surface area (Å²) < 4.78 is 1.63. The van der Waals surface area contributed by atoms with Gasteiger partial charge < -0.3 is 4.90 Å². The fraction of sp³-hybridized carbons (Fsp3) is 0.400. The zero-order valence-electron chi connectivity index (χ0n) is 8.96. The van der Waals surface area contributed by atoms with Crippen LogP contribution >= 0.6 is 0 Å². The molecule has 1 saturated heterocycles. The Morgan fingerprint density at radius 1 is 1.56 bits per heavy atom. The van der Waals surface area contributed by atoms with E-state index in [-0.39, 0.29) is 17.7 Å². The summed E-state index contributed by atoms with van der Waals surface area (Å²) >= 11 is 0. The van der Waals surface area contributed by atoms with Gasteiger partial charge in [0.25, 0.3) is 0 Å². The van der Waals surface area contributed by atoms with Crippen LogP contribution in [0.1, 0.15) is 23.5 Å². The molecule has 6 nitrogen and oxygen atoms in total. The number of hydrogen-bond donors (Lipinski definition) is 0. The Balaban J connectivity index is 1.98. The molecule has 16 heavy (non-hydrogen) atoms. The molecule has 6 heteroatoms. The van der Waals surface area contributed by atoms with Crippen LogP contribution in [0.25, 0.3) is 0 Å². The topological polar surface area (TPSA) is 68.1 Å². The van der Waals surface area contributed by atoms with E-state index in [1.54, 1.807) is 15.8 Å². The normalized spacial score (nSPS) is 15.7. The van der Waals surface area contributed by atoms with Gasteiger partial charge >= 0.3 is 0 Å². The molecule has 1 aliphatic heterocycles. The monoisotopic (exact) mass is 220 g/mol. The van der Waals surface area contributed by atoms with Crippen molar-refractivity contribution in [1.82, 2.24) is 19.9 Å². The number of rotatable bonds is 3. The van der Waals surface area contributed by atoms with Gasteiger partial charge in [-0.05, 0) is 6.08 Å². The van der Waals surface area contributed by atoms with Crippen molar-refractivity contribution in [2.45, 2.75) is 13.0 Å². The Hall–Kier alpha value is -1.98. The van der Waals surface area contributed by atoms with Gasteiger partial charge in [0.2, 0.25) is 5.91 Å². The highest BCUT2D eigenvalue weighted by Crippen LogP contribution is 2.20. The van der Waals surface area contributed by atoms with Gasteiger partial charge in [-0.25, -0.2) is 4.68 Å². The molecule has 0 atom stereocenters. The highest BCUT2D eigenvalue weighted by Gasteiger charge is 2.31. The Bertz CT molecular complexity index is 445. The molecule has 0 bridgehead atoms. The summed E-state index contributed by atoms with van der Waals surface area (Å²) in [4.78, 5) is 23.9. The van der Waals surface area contributed by atoms with Crippen molar-refractivity contribution >= 4 is 11.7 Å². The van der Waals surface area contributed by atoms with Gasteiger partial charge in [-0.2, -0.15) is 0 Å². The second-order valence-electron chi connectivity index (χ2n) is 3.74. The van der Waals surface area contributed by atoms with Gasteiger partial charge in [-0.15, -0.1) is 5.10 Å². The summed E-state index contributed by atoms with van der Waals surface area (Å²) in [7, 11) is 0. The van der Waals surface area contributed by atoms with Gasteiger partial charge in [0, 0.05) is 20.0 Å². The third-order valence-electron chi connectivity index (χ3n) is 2.59. The maximum absolute atomic E-state index is 11.2. The van der Waals surface area contributed by atoms with Gasteiger partial charge in [0.05, 0.1) is 12.2 Å². The summed E-state index contributed by atoms with van der Waals surface area (Å²) in [6, 6.07) is 0.115. The number of hydrogen-bond acceptors (Lipinski definition) is 4. The zero-order valence-corrected chi connectivity index (χ0v) is 8.96. The van der Waals surface area contributed by atoms with Crippen LogP contribution in [0.2, 0.25) is 0 Å². The van der Waals surface area contributed by atoms with E-state index < -0.39 is 0 Å². The van der Waals surface area contributed by atoms with E-state index in [0.717, 1.165) is 0 Å². The number of carbonyl (C=O) groups excluding carboxylic acids is 2. The molecule has 1 aromatic heterocycles. The van der Waals surface area contributed by atoms with Crippen LogP contribution in [0.4, 0.5) is 0 Å². The van der Waals surface area contributed by atoms with Crippen molar-refractivity contribution in [2.24, 2.45) is 0 Å². The largest absolute Gasteiger partial charge is 0.335 e. The van der Waals surface area contributed by atoms with E-state index in [0.29, 0.717) is 18.8 Å². The summed E-state index contributed by atoms with van der Waals surface area (Å²) in [5.41, 5.74) is 0.355. The molecule has 1 aromatic rings. The molecule has 84 valence electrons. The minimum Gasteiger partial charge on any atom is -0.335 e. The number of likely N-dealkylation sites (tertiary alicyclic amines) is 1. The van der Waals surface area contributed by atoms with Crippen molar-refractivity contribution < 1.29 is 9.59 Å². The Morgan fingerprint density at radius 2 is 2.25 bits per heavy atom. The average molecular weight is 220 g/mol. The first kappa shape index (κ1) is 10.5. The molecule has 0 aliphatic carbocycles. The number of carbonyl (C=O) groups is 2. The van der Waals surface area contributed by atoms with Crippen molar-refractivity contribution in [2.75, 3.05) is 13.1 Å². The molecule has 1 aliphatic rings. The van der Waals surface area contributed by atoms with E-state index in [1.807, 2.05) is 0 Å². The summed E-state index contributed by atoms with van der Waals surface area (Å²) in [5.74, 6) is -0.187. The van der Waals surface area contributed by atoms with E-state index in [4.69, 9.17) is 0 Å². The van der Waals surface area contributed by atoms with Crippen LogP contribution in [0.3, 0.4) is 0 Å². The number of nitrogens with zero attached hydrogens (tertiary/aromatic N) is 4. The Morgan fingerprint density at radius 3 is 2.75 bits per heavy atom. The van der Waals surface area contributed by atoms with Gasteiger partial charge in [0.1, 0.15) is 5.69 Å². The Labute approximate surface area is 92.5 Å². The molecular formula is C10H12N4O2. The van der Waals surface area contributed by atoms with E-state index >= 15 is 0 Å². The first-order valence-electron chi connectivity index (χ1n) is 4.96. The SMILES string of the molecule is C=CC(=O)N1CC(n2cc(C(C)=O)nn2)C1. The van der Waals surface area contributed by atoms with Crippen LogP contribution in [-0.2, 0) is 4.79 Å². The van der Waals surface area contributed by atoms with Crippen molar-refractivity contribution in [1.29, 1.82) is 0 Å². The summed E-state index contributed by atoms with van der Waals surface area (Å²) in [5, 5.41) is 7.61. The van der Waals surface area contributed by atoms with Crippen LogP contribution < -0.4 is 0 Å². The summed E-state index contributed by atoms with van der Waals surface area (Å²) in [6.45, 7) is 6.04. The van der Waals surface area contributed by atoms with Gasteiger partial charge in [-0.3, -0.25) is 9.59 Å². The molecule has 0 spiro atoms. The van der Waals surface area contributed by atoms with E-state index in [2.05, 4.69) is 16.9 Å². The van der Waals surface area contributed by atoms with Crippen molar-refractivity contribution in [3.63, 3.8) is 0 Å².